The molecule has 0 radical (unpaired) electrons. The van der Waals surface area contributed by atoms with Crippen molar-refractivity contribution in [3.8, 4) is 0 Å². The van der Waals surface area contributed by atoms with Crippen molar-refractivity contribution in [2.24, 2.45) is 0 Å². The van der Waals surface area contributed by atoms with E-state index in [9.17, 15) is 4.79 Å². The second-order valence-corrected chi connectivity index (χ2v) is 3.12. The molecule has 0 unspecified atom stereocenters. The summed E-state index contributed by atoms with van der Waals surface area (Å²) < 4.78 is 11.6. The highest BCUT2D eigenvalue weighted by molar-refractivity contribution is 5.87. The molecule has 0 fully saturated rings. The molecule has 4 heteroatoms. The Morgan fingerprint density at radius 1 is 1.47 bits per heavy atom. The number of methoxy groups -OCH3 is 1. The fourth-order valence-electron chi connectivity index (χ4n) is 1.40. The first-order chi connectivity index (χ1) is 7.31. The third kappa shape index (κ3) is 1.93. The molecule has 0 atom stereocenters. The van der Waals surface area contributed by atoms with Gasteiger partial charge in [-0.05, 0) is 18.2 Å². The molecular weight excluding hydrogens is 194 g/mol. The zero-order chi connectivity index (χ0) is 10.7. The lowest BCUT2D eigenvalue weighted by Crippen LogP contribution is -2.05. The van der Waals surface area contributed by atoms with E-state index >= 15 is 0 Å². The minimum Gasteiger partial charge on any atom is -0.463 e. The highest BCUT2D eigenvalue weighted by Crippen LogP contribution is 2.13. The highest BCUT2D eigenvalue weighted by Gasteiger charge is 2.15. The van der Waals surface area contributed by atoms with Gasteiger partial charge in [-0.2, -0.15) is 0 Å². The van der Waals surface area contributed by atoms with Crippen molar-refractivity contribution in [3.05, 3.63) is 48.2 Å². The SMILES string of the molecule is COC(=O)c1occc1Cn1cccc1. The number of nitrogens with zero attached hydrogens (tertiary/aromatic N) is 1. The van der Waals surface area contributed by atoms with Crippen LogP contribution in [0, 0.1) is 0 Å². The summed E-state index contributed by atoms with van der Waals surface area (Å²) in [7, 11) is 1.34. The Kier molecular flexibility index (Phi) is 2.58. The minimum atomic E-state index is -0.442. The molecule has 4 nitrogen and oxygen atoms in total. The molecule has 0 aliphatic heterocycles. The molecule has 0 saturated heterocycles. The highest BCUT2D eigenvalue weighted by atomic mass is 16.5. The Bertz CT molecular complexity index is 442. The molecule has 0 saturated carbocycles. The second kappa shape index (κ2) is 4.04. The van der Waals surface area contributed by atoms with Crippen molar-refractivity contribution in [2.75, 3.05) is 7.11 Å². The quantitative estimate of drug-likeness (QED) is 0.719. The van der Waals surface area contributed by atoms with Gasteiger partial charge in [-0.3, -0.25) is 0 Å². The Labute approximate surface area is 87.1 Å². The third-order valence-electron chi connectivity index (χ3n) is 2.14. The Balaban J connectivity index is 2.22. The van der Waals surface area contributed by atoms with Crippen LogP contribution < -0.4 is 0 Å². The minimum absolute atomic E-state index is 0.270. The average molecular weight is 205 g/mol. The van der Waals surface area contributed by atoms with Gasteiger partial charge in [0.15, 0.2) is 0 Å². The van der Waals surface area contributed by atoms with Crippen molar-refractivity contribution in [3.63, 3.8) is 0 Å². The van der Waals surface area contributed by atoms with Gasteiger partial charge in [0, 0.05) is 18.0 Å². The predicted molar refractivity (Wildman–Crippen MR) is 53.6 cm³/mol. The van der Waals surface area contributed by atoms with Gasteiger partial charge >= 0.3 is 5.97 Å². The van der Waals surface area contributed by atoms with Crippen LogP contribution in [0.1, 0.15) is 16.1 Å². The van der Waals surface area contributed by atoms with Crippen molar-refractivity contribution < 1.29 is 13.9 Å². The first-order valence-corrected chi connectivity index (χ1v) is 4.56. The van der Waals surface area contributed by atoms with E-state index < -0.39 is 5.97 Å². The van der Waals surface area contributed by atoms with E-state index in [1.807, 2.05) is 29.1 Å². The molecular formula is C11H11NO3. The summed E-state index contributed by atoms with van der Waals surface area (Å²) in [6, 6.07) is 5.63. The average Bonchev–Trinajstić information content (AvgIpc) is 2.88. The largest absolute Gasteiger partial charge is 0.463 e. The standard InChI is InChI=1S/C11H11NO3/c1-14-11(13)10-9(4-7-15-10)8-12-5-2-3-6-12/h2-7H,8H2,1H3. The molecule has 0 N–H and O–H groups in total. The van der Waals surface area contributed by atoms with Gasteiger partial charge in [-0.1, -0.05) is 0 Å². The molecule has 2 rings (SSSR count). The van der Waals surface area contributed by atoms with Crippen LogP contribution in [0.5, 0.6) is 0 Å². The zero-order valence-electron chi connectivity index (χ0n) is 8.34. The maximum atomic E-state index is 11.3. The van der Waals surface area contributed by atoms with Crippen molar-refractivity contribution in [1.82, 2.24) is 4.57 Å². The number of carbonyl (C=O) groups excluding carboxylic acids is 1. The van der Waals surface area contributed by atoms with Crippen LogP contribution in [-0.4, -0.2) is 17.6 Å². The van der Waals surface area contributed by atoms with Gasteiger partial charge in [0.05, 0.1) is 19.9 Å². The lowest BCUT2D eigenvalue weighted by Gasteiger charge is -2.02. The van der Waals surface area contributed by atoms with E-state index in [2.05, 4.69) is 4.74 Å². The van der Waals surface area contributed by atoms with Gasteiger partial charge in [-0.15, -0.1) is 0 Å². The zero-order valence-corrected chi connectivity index (χ0v) is 8.34. The number of furan rings is 1. The summed E-state index contributed by atoms with van der Waals surface area (Å²) in [5.41, 5.74) is 0.818. The summed E-state index contributed by atoms with van der Waals surface area (Å²) in [5, 5.41) is 0. The van der Waals surface area contributed by atoms with Crippen LogP contribution in [-0.2, 0) is 11.3 Å². The molecule has 2 aromatic heterocycles. The van der Waals surface area contributed by atoms with Crippen molar-refractivity contribution in [1.29, 1.82) is 0 Å². The smallest absolute Gasteiger partial charge is 0.374 e. The molecule has 0 aliphatic carbocycles. The van der Waals surface area contributed by atoms with Crippen LogP contribution >= 0.6 is 0 Å². The second-order valence-electron chi connectivity index (χ2n) is 3.12. The first-order valence-electron chi connectivity index (χ1n) is 4.56. The fraction of sp³-hybridized carbons (Fsp3) is 0.182. The maximum Gasteiger partial charge on any atom is 0.374 e. The van der Waals surface area contributed by atoms with E-state index in [1.54, 1.807) is 6.07 Å². The van der Waals surface area contributed by atoms with Crippen LogP contribution in [0.3, 0.4) is 0 Å². The Morgan fingerprint density at radius 3 is 2.87 bits per heavy atom. The molecule has 0 amide bonds. The third-order valence-corrected chi connectivity index (χ3v) is 2.14. The van der Waals surface area contributed by atoms with Gasteiger partial charge in [0.2, 0.25) is 5.76 Å². The topological polar surface area (TPSA) is 44.4 Å². The molecule has 78 valence electrons. The van der Waals surface area contributed by atoms with Crippen LogP contribution in [0.15, 0.2) is 41.3 Å². The normalized spacial score (nSPS) is 10.2. The van der Waals surface area contributed by atoms with Crippen molar-refractivity contribution in [2.45, 2.75) is 6.54 Å². The summed E-state index contributed by atoms with van der Waals surface area (Å²) in [6.07, 6.45) is 5.34. The molecule has 2 aromatic rings. The number of hydrogen-bond acceptors (Lipinski definition) is 3. The predicted octanol–water partition coefficient (Wildman–Crippen LogP) is 1.92. The molecule has 0 spiro atoms. The Hall–Kier alpha value is -1.97. The van der Waals surface area contributed by atoms with Gasteiger partial charge in [-0.25, -0.2) is 4.79 Å². The molecule has 2 heterocycles. The van der Waals surface area contributed by atoms with Gasteiger partial charge < -0.3 is 13.7 Å². The number of ether oxygens (including phenoxy) is 1. The number of carbonyl (C=O) groups is 1. The number of hydrogen-bond donors (Lipinski definition) is 0. The van der Waals surface area contributed by atoms with Crippen LogP contribution in [0.4, 0.5) is 0 Å². The fourth-order valence-corrected chi connectivity index (χ4v) is 1.40. The monoisotopic (exact) mass is 205 g/mol. The van der Waals surface area contributed by atoms with Gasteiger partial charge in [0.25, 0.3) is 0 Å². The first kappa shape index (κ1) is 9.58. The number of rotatable bonds is 3. The summed E-state index contributed by atoms with van der Waals surface area (Å²) in [5.74, 6) is -0.173. The van der Waals surface area contributed by atoms with Crippen molar-refractivity contribution >= 4 is 5.97 Å². The van der Waals surface area contributed by atoms with E-state index in [-0.39, 0.29) is 5.76 Å². The Morgan fingerprint density at radius 2 is 2.20 bits per heavy atom. The summed E-state index contributed by atoms with van der Waals surface area (Å²) in [4.78, 5) is 11.3. The van der Waals surface area contributed by atoms with E-state index in [4.69, 9.17) is 4.42 Å². The van der Waals surface area contributed by atoms with Crippen LogP contribution in [0.25, 0.3) is 0 Å². The van der Waals surface area contributed by atoms with Crippen LogP contribution in [0.2, 0.25) is 0 Å². The molecule has 0 aromatic carbocycles. The molecule has 0 bridgehead atoms. The number of aromatic nitrogens is 1. The lowest BCUT2D eigenvalue weighted by molar-refractivity contribution is 0.0563. The molecule has 15 heavy (non-hydrogen) atoms. The summed E-state index contributed by atoms with van der Waals surface area (Å²) >= 11 is 0. The number of esters is 1. The summed E-state index contributed by atoms with van der Waals surface area (Å²) in [6.45, 7) is 0.605. The van der Waals surface area contributed by atoms with E-state index in [1.165, 1.54) is 13.4 Å². The maximum absolute atomic E-state index is 11.3. The molecule has 0 aliphatic rings. The van der Waals surface area contributed by atoms with Gasteiger partial charge in [0.1, 0.15) is 0 Å². The van der Waals surface area contributed by atoms with E-state index in [0.29, 0.717) is 6.54 Å². The lowest BCUT2D eigenvalue weighted by atomic mass is 10.2. The van der Waals surface area contributed by atoms with E-state index in [0.717, 1.165) is 5.56 Å².